The van der Waals surface area contributed by atoms with E-state index in [-0.39, 0.29) is 10.6 Å². The Morgan fingerprint density at radius 3 is 2.17 bits per heavy atom. The quantitative estimate of drug-likeness (QED) is 0.730. The van der Waals surface area contributed by atoms with Crippen molar-refractivity contribution in [2.45, 2.75) is 31.5 Å². The highest BCUT2D eigenvalue weighted by atomic mass is 32.2. The van der Waals surface area contributed by atoms with Crippen molar-refractivity contribution < 1.29 is 26.4 Å². The number of carbonyl (C=O) groups is 1. The van der Waals surface area contributed by atoms with Gasteiger partial charge in [-0.3, -0.25) is 9.59 Å². The molecular weight excluding hydrogens is 411 g/mol. The van der Waals surface area contributed by atoms with E-state index in [1.807, 2.05) is 0 Å². The molecule has 1 N–H and O–H groups in total. The number of amides is 1. The van der Waals surface area contributed by atoms with Crippen LogP contribution in [0, 0.1) is 0 Å². The molecule has 0 spiro atoms. The number of carbonyl (C=O) groups excluding carboxylic acids is 1. The van der Waals surface area contributed by atoms with Gasteiger partial charge < -0.3 is 9.88 Å². The average molecular weight is 431 g/mol. The molecule has 2 rings (SSSR count). The number of anilines is 1. The van der Waals surface area contributed by atoms with Gasteiger partial charge in [-0.25, -0.2) is 8.42 Å². The largest absolute Gasteiger partial charge is 0.417 e. The van der Waals surface area contributed by atoms with Crippen LogP contribution in [0.3, 0.4) is 0 Å². The van der Waals surface area contributed by atoms with Crippen molar-refractivity contribution in [3.8, 4) is 0 Å². The zero-order valence-electron chi connectivity index (χ0n) is 15.7. The zero-order chi connectivity index (χ0) is 21.8. The van der Waals surface area contributed by atoms with E-state index in [0.29, 0.717) is 29.9 Å². The van der Waals surface area contributed by atoms with Crippen molar-refractivity contribution in [1.82, 2.24) is 8.87 Å². The molecule has 158 valence electrons. The third-order valence-electron chi connectivity index (χ3n) is 4.11. The van der Waals surface area contributed by atoms with Gasteiger partial charge in [0.2, 0.25) is 15.9 Å². The molecule has 0 aliphatic rings. The smallest absolute Gasteiger partial charge is 0.325 e. The third-order valence-corrected chi connectivity index (χ3v) is 6.17. The highest BCUT2D eigenvalue weighted by molar-refractivity contribution is 7.89. The van der Waals surface area contributed by atoms with E-state index in [1.165, 1.54) is 28.6 Å². The molecule has 0 aliphatic carbocycles. The molecule has 7 nitrogen and oxygen atoms in total. The first-order chi connectivity index (χ1) is 13.5. The summed E-state index contributed by atoms with van der Waals surface area (Å²) in [5, 5.41) is 2.42. The number of rotatable bonds is 7. The topological polar surface area (TPSA) is 88.5 Å². The van der Waals surface area contributed by atoms with Gasteiger partial charge >= 0.3 is 6.18 Å². The molecule has 1 heterocycles. The number of hydrogen-bond acceptors (Lipinski definition) is 4. The van der Waals surface area contributed by atoms with Gasteiger partial charge in [-0.2, -0.15) is 17.5 Å². The molecule has 0 radical (unpaired) electrons. The lowest BCUT2D eigenvalue weighted by atomic mass is 10.2. The van der Waals surface area contributed by atoms with Crippen LogP contribution >= 0.6 is 0 Å². The molecule has 1 aromatic carbocycles. The van der Waals surface area contributed by atoms with Crippen LogP contribution in [0.5, 0.6) is 0 Å². The normalized spacial score (nSPS) is 12.2. The molecule has 0 unspecified atom stereocenters. The fraction of sp³-hybridized carbons (Fsp3) is 0.333. The number of sulfonamides is 1. The summed E-state index contributed by atoms with van der Waals surface area (Å²) in [6, 6.07) is 6.75. The fourth-order valence-corrected chi connectivity index (χ4v) is 4.06. The second kappa shape index (κ2) is 8.78. The summed E-state index contributed by atoms with van der Waals surface area (Å²) in [6.07, 6.45) is -4.07. The van der Waals surface area contributed by atoms with Crippen LogP contribution in [0.2, 0.25) is 0 Å². The maximum absolute atomic E-state index is 12.8. The summed E-state index contributed by atoms with van der Waals surface area (Å²) in [4.78, 5) is 23.9. The first-order valence-electron chi connectivity index (χ1n) is 8.66. The first-order valence-corrected chi connectivity index (χ1v) is 10.1. The molecule has 0 bridgehead atoms. The van der Waals surface area contributed by atoms with Gasteiger partial charge in [0.1, 0.15) is 6.54 Å². The maximum atomic E-state index is 12.8. The number of halogens is 3. The molecule has 11 heteroatoms. The number of alkyl halides is 3. The van der Waals surface area contributed by atoms with Crippen LogP contribution < -0.4 is 10.9 Å². The third kappa shape index (κ3) is 5.45. The number of nitrogens with one attached hydrogen (secondary N) is 1. The van der Waals surface area contributed by atoms with Crippen molar-refractivity contribution in [2.24, 2.45) is 0 Å². The van der Waals surface area contributed by atoms with E-state index in [9.17, 15) is 31.2 Å². The molecule has 29 heavy (non-hydrogen) atoms. The Hall–Kier alpha value is -2.66. The Balaban J connectivity index is 2.14. The lowest BCUT2D eigenvalue weighted by Gasteiger charge is -2.18. The lowest BCUT2D eigenvalue weighted by Crippen LogP contribution is -2.30. The summed E-state index contributed by atoms with van der Waals surface area (Å²) in [5.74, 6) is -0.731. The predicted octanol–water partition coefficient (Wildman–Crippen LogP) is 2.54. The Kier molecular flexibility index (Phi) is 6.85. The van der Waals surface area contributed by atoms with E-state index in [1.54, 1.807) is 13.8 Å². The minimum atomic E-state index is -4.64. The molecule has 0 atom stereocenters. The van der Waals surface area contributed by atoms with Crippen LogP contribution in [0.4, 0.5) is 18.9 Å². The van der Waals surface area contributed by atoms with E-state index < -0.39 is 39.8 Å². The van der Waals surface area contributed by atoms with Crippen molar-refractivity contribution in [3.05, 3.63) is 58.5 Å². The molecular formula is C18H20F3N3O4S. The monoisotopic (exact) mass is 431 g/mol. The van der Waals surface area contributed by atoms with Gasteiger partial charge in [-0.15, -0.1) is 0 Å². The van der Waals surface area contributed by atoms with Crippen LogP contribution in [0.15, 0.2) is 52.3 Å². The average Bonchev–Trinajstić information content (AvgIpc) is 2.63. The van der Waals surface area contributed by atoms with Crippen molar-refractivity contribution >= 4 is 21.6 Å². The van der Waals surface area contributed by atoms with Gasteiger partial charge in [0.15, 0.2) is 0 Å². The second-order valence-corrected chi connectivity index (χ2v) is 7.98. The van der Waals surface area contributed by atoms with Gasteiger partial charge in [0.05, 0.1) is 10.5 Å². The Labute approximate surface area is 165 Å². The fourth-order valence-electron chi connectivity index (χ4n) is 2.60. The standard InChI is InChI=1S/C18H20F3N3O4S/c1-3-24(4-2)29(27,28)15-8-6-14(7-9-15)22-16(25)12-23-11-13(18(19,20)21)5-10-17(23)26/h5-11H,3-4,12H2,1-2H3,(H,22,25). The van der Waals surface area contributed by atoms with Crippen LogP contribution in [-0.2, 0) is 27.5 Å². The Morgan fingerprint density at radius 2 is 1.66 bits per heavy atom. The summed E-state index contributed by atoms with van der Waals surface area (Å²) in [5.41, 5.74) is -1.56. The number of nitrogens with zero attached hydrogens (tertiary/aromatic N) is 2. The molecule has 2 aromatic rings. The summed E-state index contributed by atoms with van der Waals surface area (Å²) >= 11 is 0. The maximum Gasteiger partial charge on any atom is 0.417 e. The van der Waals surface area contributed by atoms with E-state index >= 15 is 0 Å². The lowest BCUT2D eigenvalue weighted by molar-refractivity contribution is -0.138. The Bertz CT molecular complexity index is 1030. The number of pyridine rings is 1. The van der Waals surface area contributed by atoms with Gasteiger partial charge in [-0.1, -0.05) is 13.8 Å². The number of benzene rings is 1. The number of aromatic nitrogens is 1. The van der Waals surface area contributed by atoms with Crippen LogP contribution in [-0.4, -0.2) is 36.3 Å². The molecule has 0 fully saturated rings. The highest BCUT2D eigenvalue weighted by Gasteiger charge is 2.31. The summed E-state index contributed by atoms with van der Waals surface area (Å²) < 4.78 is 65.1. The first kappa shape index (κ1) is 22.6. The van der Waals surface area contributed by atoms with Crippen LogP contribution in [0.25, 0.3) is 0 Å². The minimum absolute atomic E-state index is 0.0493. The van der Waals surface area contributed by atoms with Gasteiger partial charge in [0, 0.05) is 31.0 Å². The zero-order valence-corrected chi connectivity index (χ0v) is 16.5. The van der Waals surface area contributed by atoms with Gasteiger partial charge in [0.25, 0.3) is 5.56 Å². The number of hydrogen-bond donors (Lipinski definition) is 1. The summed E-state index contributed by atoms with van der Waals surface area (Å²) in [7, 11) is -3.65. The van der Waals surface area contributed by atoms with Crippen molar-refractivity contribution in [2.75, 3.05) is 18.4 Å². The predicted molar refractivity (Wildman–Crippen MR) is 101 cm³/mol. The van der Waals surface area contributed by atoms with Crippen molar-refractivity contribution in [3.63, 3.8) is 0 Å². The summed E-state index contributed by atoms with van der Waals surface area (Å²) in [6.45, 7) is 3.42. The Morgan fingerprint density at radius 1 is 1.07 bits per heavy atom. The highest BCUT2D eigenvalue weighted by Crippen LogP contribution is 2.28. The SMILES string of the molecule is CCN(CC)S(=O)(=O)c1ccc(NC(=O)Cn2cc(C(F)(F)F)ccc2=O)cc1. The van der Waals surface area contributed by atoms with E-state index in [0.717, 1.165) is 6.07 Å². The molecule has 0 saturated carbocycles. The second-order valence-electron chi connectivity index (χ2n) is 6.04. The minimum Gasteiger partial charge on any atom is -0.325 e. The van der Waals surface area contributed by atoms with E-state index in [2.05, 4.69) is 5.32 Å². The van der Waals surface area contributed by atoms with E-state index in [4.69, 9.17) is 0 Å². The molecule has 0 saturated heterocycles. The van der Waals surface area contributed by atoms with Crippen molar-refractivity contribution in [1.29, 1.82) is 0 Å². The molecule has 0 aliphatic heterocycles. The molecule has 1 aromatic heterocycles. The van der Waals surface area contributed by atoms with Gasteiger partial charge in [-0.05, 0) is 30.3 Å². The van der Waals surface area contributed by atoms with Crippen LogP contribution in [0.1, 0.15) is 19.4 Å². The molecule has 1 amide bonds.